The zero-order chi connectivity index (χ0) is 65.8. The topological polar surface area (TPSA) is 149 Å². The van der Waals surface area contributed by atoms with Crippen molar-refractivity contribution < 1.29 is 70.5 Å². The van der Waals surface area contributed by atoms with Gasteiger partial charge in [-0.2, -0.15) is 0 Å². The van der Waals surface area contributed by atoms with Crippen molar-refractivity contribution >= 4 is 40.9 Å². The Kier molecular flexibility index (Phi) is 36.1. The second-order valence-corrected chi connectivity index (χ2v) is 43.2. The summed E-state index contributed by atoms with van der Waals surface area (Å²) in [5.74, 6) is 1.07. The average molecular weight is 1350 g/mol. The summed E-state index contributed by atoms with van der Waals surface area (Å²) in [6.45, 7) is 47.4. The number of halogens is 1. The molecule has 504 valence electrons. The molecule has 0 aliphatic heterocycles. The minimum atomic E-state index is -1.84. The maximum Gasteiger partial charge on any atom is 0.191 e. The van der Waals surface area contributed by atoms with Crippen molar-refractivity contribution in [3.8, 4) is 0 Å². The first-order chi connectivity index (χ1) is 41.3. The van der Waals surface area contributed by atoms with E-state index in [1.807, 2.05) is 78.9 Å². The molecule has 0 spiro atoms. The van der Waals surface area contributed by atoms with Crippen molar-refractivity contribution in [1.29, 1.82) is 0 Å². The molecule has 0 bridgehead atoms. The first-order valence-electron chi connectivity index (χ1n) is 31.6. The van der Waals surface area contributed by atoms with Gasteiger partial charge in [-0.1, -0.05) is 190 Å². The Balaban J connectivity index is 0.000000335. The molecule has 88 heavy (non-hydrogen) atoms. The van der Waals surface area contributed by atoms with Crippen LogP contribution in [0.2, 0.25) is 54.4 Å². The van der Waals surface area contributed by atoms with E-state index in [1.165, 1.54) is 0 Å². The number of hydrogen-bond acceptors (Lipinski definition) is 15. The normalized spacial score (nSPS) is 24.3. The molecule has 3 aliphatic rings. The van der Waals surface area contributed by atoms with Gasteiger partial charge in [0.15, 0.2) is 25.0 Å². The maximum absolute atomic E-state index is 10.3. The minimum absolute atomic E-state index is 0.0226. The summed E-state index contributed by atoms with van der Waals surface area (Å²) in [7, 11) is -0.523. The van der Waals surface area contributed by atoms with Crippen molar-refractivity contribution in [2.45, 2.75) is 206 Å². The van der Waals surface area contributed by atoms with Crippen molar-refractivity contribution in [2.24, 2.45) is 29.6 Å². The van der Waals surface area contributed by atoms with E-state index in [0.29, 0.717) is 57.9 Å². The van der Waals surface area contributed by atoms with Gasteiger partial charge in [0.25, 0.3) is 0 Å². The molecular weight excluding hydrogens is 1230 g/mol. The van der Waals surface area contributed by atoms with Crippen LogP contribution in [0, 0.1) is 29.6 Å². The van der Waals surface area contributed by atoms with Crippen LogP contribution in [-0.4, -0.2) is 147 Å². The van der Waals surface area contributed by atoms with E-state index >= 15 is 0 Å². The van der Waals surface area contributed by atoms with Crippen LogP contribution < -0.4 is 0 Å². The van der Waals surface area contributed by atoms with E-state index in [0.717, 1.165) is 41.5 Å². The highest BCUT2D eigenvalue weighted by molar-refractivity contribution is 9.09. The van der Waals surface area contributed by atoms with Gasteiger partial charge in [0.05, 0.1) is 56.4 Å². The highest BCUT2D eigenvalue weighted by atomic mass is 79.9. The van der Waals surface area contributed by atoms with E-state index in [-0.39, 0.29) is 103 Å². The van der Waals surface area contributed by atoms with Crippen molar-refractivity contribution in [1.82, 2.24) is 0 Å². The quantitative estimate of drug-likeness (QED) is 0.0214. The molecule has 3 aromatic carbocycles. The maximum atomic E-state index is 10.3. The average Bonchev–Trinajstić information content (AvgIpc) is 3.57. The molecule has 6 rings (SSSR count). The van der Waals surface area contributed by atoms with Crippen LogP contribution in [0.1, 0.15) is 112 Å². The lowest BCUT2D eigenvalue weighted by atomic mass is 10.0. The fourth-order valence-corrected chi connectivity index (χ4v) is 13.0. The lowest BCUT2D eigenvalue weighted by Gasteiger charge is -2.37. The second-order valence-electron chi connectivity index (χ2n) is 28.3. The van der Waals surface area contributed by atoms with E-state index in [2.05, 4.69) is 155 Å². The highest BCUT2D eigenvalue weighted by Gasteiger charge is 2.47. The predicted molar refractivity (Wildman–Crippen MR) is 364 cm³/mol. The number of rotatable bonds is 31. The molecule has 0 aromatic heterocycles. The fourth-order valence-electron chi connectivity index (χ4n) is 9.80. The molecule has 3 aliphatic carbocycles. The lowest BCUT2D eigenvalue weighted by Crippen LogP contribution is -2.43. The van der Waals surface area contributed by atoms with Gasteiger partial charge >= 0.3 is 0 Å². The van der Waals surface area contributed by atoms with Gasteiger partial charge in [0, 0.05) is 70.7 Å². The van der Waals surface area contributed by atoms with Crippen LogP contribution in [-0.2, 0) is 85.2 Å². The molecule has 19 heteroatoms. The van der Waals surface area contributed by atoms with E-state index in [1.54, 1.807) is 21.3 Å². The molecule has 5 unspecified atom stereocenters. The van der Waals surface area contributed by atoms with Crippen LogP contribution in [0.15, 0.2) is 103 Å². The molecule has 0 heterocycles. The molecule has 3 aromatic rings. The predicted octanol–water partition coefficient (Wildman–Crippen LogP) is 15.9. The van der Waals surface area contributed by atoms with Gasteiger partial charge in [-0.25, -0.2) is 0 Å². The standard InChI is InChI=1S/C23H40O5Si.C23H38O5Si.C21H36O4Si.C2H5BrO/c2*1-18-21(26-16-24-5)13-20(15-28-29(6,7)23(2,3)4)22(18)27-17-25-14-19-11-9-8-10-12-19;1-16-19(22)12-18(14-25-26(5,6)21(2,3)4)20(16)24-15-23-13-17-10-8-7-9-11-17;1-4-2-3/h8-12,18,20-22H,13-17H2,1-7H3;8-12,20-22H,1,13-17H2,2-7H3;7-11,16,18-20,22H,12-15H2,1-6H3;2H2,1H3/t18?,20-,21?,22+;20-,21?,22+;16?,18-,19?,20+;/m000./s1. The minimum Gasteiger partial charge on any atom is -0.416 e. The number of ether oxygens (including phenoxy) is 11. The number of alkyl halides is 1. The summed E-state index contributed by atoms with van der Waals surface area (Å²) >= 11 is 3.03. The van der Waals surface area contributed by atoms with Crippen molar-refractivity contribution in [3.05, 3.63) is 120 Å². The third-order valence-electron chi connectivity index (χ3n) is 18.6. The monoisotopic (exact) mass is 1350 g/mol. The van der Waals surface area contributed by atoms with Crippen LogP contribution >= 0.6 is 15.9 Å². The van der Waals surface area contributed by atoms with Crippen LogP contribution in [0.25, 0.3) is 0 Å². The van der Waals surface area contributed by atoms with Crippen molar-refractivity contribution in [3.63, 3.8) is 0 Å². The number of methoxy groups -OCH3 is 3. The van der Waals surface area contributed by atoms with Gasteiger partial charge in [0.1, 0.15) is 39.5 Å². The van der Waals surface area contributed by atoms with E-state index < -0.39 is 25.0 Å². The summed E-state index contributed by atoms with van der Waals surface area (Å²) in [5.41, 5.74) is 4.98. The first kappa shape index (κ1) is 80.2. The Morgan fingerprint density at radius 2 is 0.818 bits per heavy atom. The third-order valence-corrected chi connectivity index (χ3v) is 32.6. The molecule has 11 atom stereocenters. The zero-order valence-electron chi connectivity index (χ0n) is 57.9. The van der Waals surface area contributed by atoms with Gasteiger partial charge in [-0.3, -0.25) is 0 Å². The summed E-state index contributed by atoms with van der Waals surface area (Å²) in [5, 5.41) is 10.8. The van der Waals surface area contributed by atoms with Gasteiger partial charge in [-0.05, 0) is 95.9 Å². The number of benzene rings is 3. The van der Waals surface area contributed by atoms with Crippen LogP contribution in [0.4, 0.5) is 0 Å². The van der Waals surface area contributed by atoms with E-state index in [9.17, 15) is 5.11 Å². The smallest absolute Gasteiger partial charge is 0.191 e. The van der Waals surface area contributed by atoms with Crippen LogP contribution in [0.5, 0.6) is 0 Å². The Bertz CT molecular complexity index is 2300. The molecule has 15 nitrogen and oxygen atoms in total. The first-order valence-corrected chi connectivity index (χ1v) is 41.4. The Hall–Kier alpha value is -2.07. The van der Waals surface area contributed by atoms with Crippen LogP contribution in [0.3, 0.4) is 0 Å². The molecule has 3 saturated carbocycles. The Morgan fingerprint density at radius 1 is 0.466 bits per heavy atom. The summed E-state index contributed by atoms with van der Waals surface area (Å²) in [4.78, 5) is 0. The summed E-state index contributed by atoms with van der Waals surface area (Å²) < 4.78 is 81.3. The number of hydrogen-bond donors (Lipinski definition) is 1. The largest absolute Gasteiger partial charge is 0.416 e. The van der Waals surface area contributed by atoms with Crippen molar-refractivity contribution in [2.75, 3.05) is 80.6 Å². The Labute approximate surface area is 544 Å². The second kappa shape index (κ2) is 39.6. The highest BCUT2D eigenvalue weighted by Crippen LogP contribution is 2.43. The SMILES string of the molecule is C=C1C(OCOC)C[C@@H](CO[Si](C)(C)C(C)(C)C)[C@@H]1OCOCc1ccccc1.CC1C(O)C[C@@H](CO[Si](C)(C)C(C)(C)C)[C@@H]1OCOCc1ccccc1.COCBr.COCOC1C[C@@H](CO[Si](C)(C)C(C)(C)C)[C@H](OCOCc2ccccc2)C1C. The number of aliphatic hydroxyl groups excluding tert-OH is 1. The van der Waals surface area contributed by atoms with Gasteiger partial charge in [0.2, 0.25) is 0 Å². The van der Waals surface area contributed by atoms with Gasteiger partial charge in [-0.15, -0.1) is 0 Å². The van der Waals surface area contributed by atoms with E-state index in [4.69, 9.17) is 60.6 Å². The molecule has 0 radical (unpaired) electrons. The zero-order valence-corrected chi connectivity index (χ0v) is 62.5. The summed E-state index contributed by atoms with van der Waals surface area (Å²) in [6, 6.07) is 30.3. The molecule has 3 fully saturated rings. The number of aliphatic hydroxyl groups is 1. The van der Waals surface area contributed by atoms with Gasteiger partial charge < -0.3 is 70.5 Å². The molecule has 0 amide bonds. The Morgan fingerprint density at radius 3 is 1.19 bits per heavy atom. The molecular formula is C69H119BrO15Si3. The molecule has 0 saturated heterocycles. The fraction of sp³-hybridized carbons (Fsp3) is 0.710. The molecule has 1 N–H and O–H groups in total. The lowest BCUT2D eigenvalue weighted by molar-refractivity contribution is -0.132. The third kappa shape index (κ3) is 27.5. The summed E-state index contributed by atoms with van der Waals surface area (Å²) in [6.07, 6.45) is 2.06.